The first kappa shape index (κ1) is 23.4. The number of carbonyl (C=O) groups is 1. The number of carbonyl (C=O) groups excluding carboxylic acids is 1. The molecule has 0 radical (unpaired) electrons. The van der Waals surface area contributed by atoms with E-state index in [2.05, 4.69) is 15.6 Å². The number of likely N-dealkylation sites (N-methyl/N-ethyl adjacent to an activating group) is 1. The number of sulfonamides is 1. The summed E-state index contributed by atoms with van der Waals surface area (Å²) in [7, 11) is -2.19. The van der Waals surface area contributed by atoms with Crippen molar-refractivity contribution in [1.82, 2.24) is 20.5 Å². The van der Waals surface area contributed by atoms with Crippen molar-refractivity contribution in [2.45, 2.75) is 66.5 Å². The third-order valence-electron chi connectivity index (χ3n) is 6.22. The van der Waals surface area contributed by atoms with Crippen LogP contribution in [0, 0.1) is 11.8 Å². The van der Waals surface area contributed by atoms with Gasteiger partial charge in [0, 0.05) is 24.6 Å². The van der Waals surface area contributed by atoms with Crippen LogP contribution in [-0.2, 0) is 14.8 Å². The topological polar surface area (TPSA) is 90.5 Å². The smallest absolute Gasteiger partial charge is 0.241 e. The van der Waals surface area contributed by atoms with E-state index in [1.165, 1.54) is 0 Å². The molecule has 0 spiro atoms. The van der Waals surface area contributed by atoms with Gasteiger partial charge in [0.05, 0.1) is 11.3 Å². The summed E-state index contributed by atoms with van der Waals surface area (Å²) in [4.78, 5) is 16.6. The molecule has 3 aliphatic rings. The first-order valence-corrected chi connectivity index (χ1v) is 12.3. The molecule has 0 aromatic carbocycles. The Morgan fingerprint density at radius 1 is 1.17 bits per heavy atom. The van der Waals surface area contributed by atoms with Gasteiger partial charge in [-0.15, -0.1) is 28.0 Å². The van der Waals surface area contributed by atoms with Gasteiger partial charge in [-0.05, 0) is 45.1 Å². The van der Waals surface area contributed by atoms with E-state index in [4.69, 9.17) is 23.2 Å². The summed E-state index contributed by atoms with van der Waals surface area (Å²) in [6.45, 7) is 1.48. The number of amides is 1. The van der Waals surface area contributed by atoms with Crippen LogP contribution in [0.25, 0.3) is 0 Å². The highest BCUT2D eigenvalue weighted by Crippen LogP contribution is 2.37. The molecule has 29 heavy (non-hydrogen) atoms. The van der Waals surface area contributed by atoms with Crippen molar-refractivity contribution in [1.29, 1.82) is 0 Å². The minimum atomic E-state index is -4.15. The highest BCUT2D eigenvalue weighted by molar-refractivity contribution is 7.90. The molecule has 7 nitrogen and oxygen atoms in total. The molecule has 3 fully saturated rings. The average molecular weight is 477 g/mol. The Labute approximate surface area is 180 Å². The van der Waals surface area contributed by atoms with E-state index in [9.17, 15) is 22.0 Å². The Balaban J connectivity index is 1.59. The zero-order chi connectivity index (χ0) is 21.3. The van der Waals surface area contributed by atoms with Gasteiger partial charge in [0.1, 0.15) is 17.6 Å². The molecule has 168 valence electrons. The van der Waals surface area contributed by atoms with Gasteiger partial charge in [-0.1, -0.05) is 0 Å². The Hall–Kier alpha value is -0.260. The van der Waals surface area contributed by atoms with Crippen LogP contribution >= 0.6 is 23.2 Å². The molecule has 0 aromatic heterocycles. The van der Waals surface area contributed by atoms with E-state index in [1.807, 2.05) is 11.9 Å². The lowest BCUT2D eigenvalue weighted by atomic mass is 9.76. The molecular weight excluding hydrogens is 449 g/mol. The summed E-state index contributed by atoms with van der Waals surface area (Å²) in [5.74, 6) is -1.87. The average Bonchev–Trinajstić information content (AvgIpc) is 3.08. The van der Waals surface area contributed by atoms with E-state index in [1.54, 1.807) is 0 Å². The van der Waals surface area contributed by atoms with E-state index in [0.29, 0.717) is 19.5 Å². The van der Waals surface area contributed by atoms with E-state index >= 15 is 0 Å². The molecule has 2 saturated carbocycles. The maximum atomic E-state index is 14.6. The zero-order valence-electron chi connectivity index (χ0n) is 16.2. The quantitative estimate of drug-likeness (QED) is 0.410. The van der Waals surface area contributed by atoms with Crippen LogP contribution in [0.3, 0.4) is 0 Å². The third kappa shape index (κ3) is 5.51. The van der Waals surface area contributed by atoms with Crippen LogP contribution in [0.5, 0.6) is 0 Å². The molecule has 2 aliphatic carbocycles. The van der Waals surface area contributed by atoms with Crippen molar-refractivity contribution in [2.24, 2.45) is 11.8 Å². The van der Waals surface area contributed by atoms with Crippen molar-refractivity contribution in [3.63, 3.8) is 0 Å². The molecule has 1 amide bonds. The second-order valence-corrected chi connectivity index (χ2v) is 11.5. The van der Waals surface area contributed by atoms with Crippen LogP contribution in [0.2, 0.25) is 0 Å². The predicted octanol–water partition coefficient (Wildman–Crippen LogP) is 1.27. The minimum absolute atomic E-state index is 0.00368. The standard InChI is InChI=1S/C17H28Cl2F2N4O3S/c1-25-7-14(22-8-25)9-4-11(16(21)12(19)5-9)17(26)23-24-29(27,28)15-3-2-10(18)6-13(15)20/h9-16,22,24H,2-8H2,1H3,(H,23,26). The summed E-state index contributed by atoms with van der Waals surface area (Å²) < 4.78 is 53.6. The van der Waals surface area contributed by atoms with Crippen molar-refractivity contribution in [3.05, 3.63) is 0 Å². The van der Waals surface area contributed by atoms with Crippen LogP contribution in [0.15, 0.2) is 0 Å². The van der Waals surface area contributed by atoms with Gasteiger partial charge in [-0.25, -0.2) is 17.2 Å². The first-order valence-electron chi connectivity index (χ1n) is 9.87. The molecule has 0 aromatic rings. The lowest BCUT2D eigenvalue weighted by molar-refractivity contribution is -0.129. The van der Waals surface area contributed by atoms with Gasteiger partial charge in [0.25, 0.3) is 0 Å². The number of rotatable bonds is 5. The van der Waals surface area contributed by atoms with Crippen molar-refractivity contribution >= 4 is 39.1 Å². The highest BCUT2D eigenvalue weighted by Gasteiger charge is 2.45. The number of hydrogen-bond acceptors (Lipinski definition) is 5. The molecule has 8 unspecified atom stereocenters. The van der Waals surface area contributed by atoms with Gasteiger partial charge < -0.3 is 0 Å². The summed E-state index contributed by atoms with van der Waals surface area (Å²) in [5, 5.41) is 0.801. The largest absolute Gasteiger partial charge is 0.300 e. The van der Waals surface area contributed by atoms with Gasteiger partial charge in [-0.3, -0.25) is 20.4 Å². The molecule has 1 aliphatic heterocycles. The molecule has 3 rings (SSSR count). The monoisotopic (exact) mass is 476 g/mol. The summed E-state index contributed by atoms with van der Waals surface area (Å²) in [6.07, 6.45) is -2.14. The van der Waals surface area contributed by atoms with Gasteiger partial charge in [-0.2, -0.15) is 0 Å². The fraction of sp³-hybridized carbons (Fsp3) is 0.941. The number of hydrogen-bond donors (Lipinski definition) is 3. The maximum Gasteiger partial charge on any atom is 0.241 e. The molecule has 12 heteroatoms. The lowest BCUT2D eigenvalue weighted by Gasteiger charge is -2.37. The van der Waals surface area contributed by atoms with Crippen LogP contribution < -0.4 is 15.6 Å². The van der Waals surface area contributed by atoms with Crippen molar-refractivity contribution < 1.29 is 22.0 Å². The third-order valence-corrected chi connectivity index (χ3v) is 8.75. The van der Waals surface area contributed by atoms with E-state index < -0.39 is 50.2 Å². The number of alkyl halides is 4. The van der Waals surface area contributed by atoms with Crippen LogP contribution in [0.4, 0.5) is 8.78 Å². The Morgan fingerprint density at radius 3 is 2.52 bits per heavy atom. The second-order valence-electron chi connectivity index (χ2n) is 8.41. The van der Waals surface area contributed by atoms with Crippen molar-refractivity contribution in [2.75, 3.05) is 20.3 Å². The van der Waals surface area contributed by atoms with Gasteiger partial charge >= 0.3 is 0 Å². The van der Waals surface area contributed by atoms with E-state index in [0.717, 1.165) is 6.54 Å². The molecule has 8 atom stereocenters. The Bertz CT molecular complexity index is 704. The van der Waals surface area contributed by atoms with E-state index in [-0.39, 0.29) is 31.2 Å². The van der Waals surface area contributed by atoms with Gasteiger partial charge in [0.15, 0.2) is 0 Å². The first-order chi connectivity index (χ1) is 13.6. The fourth-order valence-corrected chi connectivity index (χ4v) is 6.58. The second kappa shape index (κ2) is 9.48. The molecular formula is C17H28Cl2F2N4O3S. The lowest BCUT2D eigenvalue weighted by Crippen LogP contribution is -2.54. The summed E-state index contributed by atoms with van der Waals surface area (Å²) >= 11 is 12.0. The number of halogens is 4. The molecule has 3 N–H and O–H groups in total. The van der Waals surface area contributed by atoms with Crippen molar-refractivity contribution in [3.8, 4) is 0 Å². The Kier molecular flexibility index (Phi) is 7.65. The summed E-state index contributed by atoms with van der Waals surface area (Å²) in [6, 6.07) is 0.0961. The highest BCUT2D eigenvalue weighted by atomic mass is 35.5. The zero-order valence-corrected chi connectivity index (χ0v) is 18.5. The van der Waals surface area contributed by atoms with Gasteiger partial charge in [0.2, 0.25) is 15.9 Å². The van der Waals surface area contributed by atoms with Crippen LogP contribution in [-0.4, -0.2) is 73.9 Å². The Morgan fingerprint density at radius 2 is 1.90 bits per heavy atom. The fourth-order valence-electron chi connectivity index (χ4n) is 4.54. The molecule has 1 saturated heterocycles. The maximum absolute atomic E-state index is 14.6. The predicted molar refractivity (Wildman–Crippen MR) is 108 cm³/mol. The molecule has 1 heterocycles. The number of nitrogens with zero attached hydrogens (tertiary/aromatic N) is 1. The molecule has 0 bridgehead atoms. The minimum Gasteiger partial charge on any atom is -0.300 e. The van der Waals surface area contributed by atoms with Crippen LogP contribution in [0.1, 0.15) is 32.1 Å². The number of hydrazine groups is 1. The number of nitrogens with one attached hydrogen (secondary N) is 3. The normalized spacial score (nSPS) is 42.0. The SMILES string of the molecule is CN1CNC(C2CC(Cl)C(F)C(C(=O)NNS(=O)(=O)C3CCC(Cl)CC3F)C2)C1. The summed E-state index contributed by atoms with van der Waals surface area (Å²) in [5.41, 5.74) is 2.09.